The lowest BCUT2D eigenvalue weighted by atomic mass is 10.3. The number of nitrogens with one attached hydrogen (secondary N) is 2. The summed E-state index contributed by atoms with van der Waals surface area (Å²) in [6, 6.07) is 6.67. The quantitative estimate of drug-likeness (QED) is 0.896. The van der Waals surface area contributed by atoms with Crippen molar-refractivity contribution < 1.29 is 4.79 Å². The second-order valence-electron chi connectivity index (χ2n) is 3.81. The fourth-order valence-corrected chi connectivity index (χ4v) is 1.91. The van der Waals surface area contributed by atoms with Crippen molar-refractivity contribution in [3.8, 4) is 0 Å². The number of urea groups is 1. The molecule has 0 bridgehead atoms. The van der Waals surface area contributed by atoms with Crippen molar-refractivity contribution in [3.05, 3.63) is 46.2 Å². The molecule has 0 saturated heterocycles. The van der Waals surface area contributed by atoms with Crippen LogP contribution in [0.3, 0.4) is 0 Å². The highest BCUT2D eigenvalue weighted by molar-refractivity contribution is 9.10. The van der Waals surface area contributed by atoms with Gasteiger partial charge in [0, 0.05) is 23.5 Å². The Morgan fingerprint density at radius 3 is 2.74 bits per heavy atom. The Morgan fingerprint density at radius 2 is 2.11 bits per heavy atom. The number of halogens is 2. The summed E-state index contributed by atoms with van der Waals surface area (Å²) < 4.78 is 2.66. The molecule has 5 nitrogen and oxygen atoms in total. The van der Waals surface area contributed by atoms with Gasteiger partial charge >= 0.3 is 6.03 Å². The van der Waals surface area contributed by atoms with Gasteiger partial charge in [0.25, 0.3) is 0 Å². The Kier molecular flexibility index (Phi) is 4.81. The first kappa shape index (κ1) is 13.9. The van der Waals surface area contributed by atoms with Crippen molar-refractivity contribution in [3.63, 3.8) is 0 Å². The number of hydrogen-bond donors (Lipinski definition) is 2. The smallest absolute Gasteiger partial charge is 0.319 e. The summed E-state index contributed by atoms with van der Waals surface area (Å²) in [6.07, 6.45) is 3.55. The molecular formula is C12H12BrClN4O. The standard InChI is InChI=1S/C12H12BrClN4O/c13-9-7-16-18(8-9)6-5-15-12(19)17-11-3-1-10(14)2-4-11/h1-4,7-8H,5-6H2,(H2,15,17,19). The zero-order valence-electron chi connectivity index (χ0n) is 9.94. The van der Waals surface area contributed by atoms with E-state index in [2.05, 4.69) is 31.7 Å². The molecule has 0 unspecified atom stereocenters. The maximum atomic E-state index is 11.6. The first-order chi connectivity index (χ1) is 9.13. The fourth-order valence-electron chi connectivity index (χ4n) is 1.45. The van der Waals surface area contributed by atoms with Gasteiger partial charge in [-0.05, 0) is 40.2 Å². The monoisotopic (exact) mass is 342 g/mol. The number of carbonyl (C=O) groups excluding carboxylic acids is 1. The molecule has 2 aromatic rings. The van der Waals surface area contributed by atoms with E-state index >= 15 is 0 Å². The third-order valence-corrected chi connectivity index (χ3v) is 2.99. The van der Waals surface area contributed by atoms with E-state index in [0.717, 1.165) is 4.47 Å². The van der Waals surface area contributed by atoms with Crippen molar-refractivity contribution >= 4 is 39.2 Å². The van der Waals surface area contributed by atoms with Crippen LogP contribution in [0.1, 0.15) is 0 Å². The third kappa shape index (κ3) is 4.57. The van der Waals surface area contributed by atoms with Gasteiger partial charge in [-0.2, -0.15) is 5.10 Å². The molecule has 19 heavy (non-hydrogen) atoms. The Balaban J connectivity index is 1.74. The molecule has 2 N–H and O–H groups in total. The van der Waals surface area contributed by atoms with Gasteiger partial charge in [-0.25, -0.2) is 4.79 Å². The molecule has 0 aliphatic heterocycles. The molecule has 1 aromatic carbocycles. The van der Waals surface area contributed by atoms with Crippen molar-refractivity contribution in [2.75, 3.05) is 11.9 Å². The van der Waals surface area contributed by atoms with Gasteiger partial charge < -0.3 is 10.6 Å². The van der Waals surface area contributed by atoms with E-state index in [-0.39, 0.29) is 6.03 Å². The van der Waals surface area contributed by atoms with Crippen molar-refractivity contribution in [1.29, 1.82) is 0 Å². The molecule has 0 atom stereocenters. The number of amides is 2. The van der Waals surface area contributed by atoms with Crippen LogP contribution < -0.4 is 10.6 Å². The predicted molar refractivity (Wildman–Crippen MR) is 78.4 cm³/mol. The lowest BCUT2D eigenvalue weighted by Crippen LogP contribution is -2.31. The predicted octanol–water partition coefficient (Wildman–Crippen LogP) is 3.12. The van der Waals surface area contributed by atoms with Gasteiger partial charge in [0.2, 0.25) is 0 Å². The number of rotatable bonds is 4. The van der Waals surface area contributed by atoms with Gasteiger partial charge in [0.15, 0.2) is 0 Å². The number of benzene rings is 1. The maximum Gasteiger partial charge on any atom is 0.319 e. The first-order valence-electron chi connectivity index (χ1n) is 5.62. The molecule has 0 fully saturated rings. The van der Waals surface area contributed by atoms with Crippen LogP contribution >= 0.6 is 27.5 Å². The molecule has 0 aliphatic carbocycles. The highest BCUT2D eigenvalue weighted by atomic mass is 79.9. The van der Waals surface area contributed by atoms with E-state index in [1.165, 1.54) is 0 Å². The molecule has 2 amide bonds. The fraction of sp³-hybridized carbons (Fsp3) is 0.167. The van der Waals surface area contributed by atoms with Gasteiger partial charge in [-0.1, -0.05) is 11.6 Å². The molecular weight excluding hydrogens is 332 g/mol. The summed E-state index contributed by atoms with van der Waals surface area (Å²) in [5, 5.41) is 10.2. The van der Waals surface area contributed by atoms with Crippen LogP contribution in [0.25, 0.3) is 0 Å². The van der Waals surface area contributed by atoms with Gasteiger partial charge in [-0.15, -0.1) is 0 Å². The van der Waals surface area contributed by atoms with Crippen LogP contribution in [0.15, 0.2) is 41.1 Å². The van der Waals surface area contributed by atoms with Crippen LogP contribution in [-0.2, 0) is 6.54 Å². The zero-order valence-corrected chi connectivity index (χ0v) is 12.3. The maximum absolute atomic E-state index is 11.6. The number of aromatic nitrogens is 2. The van der Waals surface area contributed by atoms with Crippen molar-refractivity contribution in [1.82, 2.24) is 15.1 Å². The van der Waals surface area contributed by atoms with E-state index in [1.807, 2.05) is 6.20 Å². The number of anilines is 1. The minimum absolute atomic E-state index is 0.256. The average Bonchev–Trinajstić information content (AvgIpc) is 2.78. The SMILES string of the molecule is O=C(NCCn1cc(Br)cn1)Nc1ccc(Cl)cc1. The van der Waals surface area contributed by atoms with Crippen LogP contribution in [0.2, 0.25) is 5.02 Å². The van der Waals surface area contributed by atoms with E-state index in [1.54, 1.807) is 35.1 Å². The topological polar surface area (TPSA) is 59.0 Å². The number of carbonyl (C=O) groups is 1. The minimum Gasteiger partial charge on any atom is -0.336 e. The van der Waals surface area contributed by atoms with Crippen molar-refractivity contribution in [2.45, 2.75) is 6.54 Å². The molecule has 2 rings (SSSR count). The lowest BCUT2D eigenvalue weighted by Gasteiger charge is -2.07. The molecule has 1 aromatic heterocycles. The van der Waals surface area contributed by atoms with E-state index in [4.69, 9.17) is 11.6 Å². The number of hydrogen-bond acceptors (Lipinski definition) is 2. The highest BCUT2D eigenvalue weighted by Crippen LogP contribution is 2.13. The summed E-state index contributed by atoms with van der Waals surface area (Å²) in [4.78, 5) is 11.6. The first-order valence-corrected chi connectivity index (χ1v) is 6.79. The summed E-state index contributed by atoms with van der Waals surface area (Å²) in [7, 11) is 0. The largest absolute Gasteiger partial charge is 0.336 e. The third-order valence-electron chi connectivity index (χ3n) is 2.33. The van der Waals surface area contributed by atoms with Gasteiger partial charge in [-0.3, -0.25) is 4.68 Å². The Hall–Kier alpha value is -1.53. The summed E-state index contributed by atoms with van der Waals surface area (Å²) in [5.41, 5.74) is 0.698. The molecule has 1 heterocycles. The van der Waals surface area contributed by atoms with E-state index < -0.39 is 0 Å². The zero-order chi connectivity index (χ0) is 13.7. The van der Waals surface area contributed by atoms with Crippen LogP contribution in [0.4, 0.5) is 10.5 Å². The Morgan fingerprint density at radius 1 is 1.37 bits per heavy atom. The normalized spacial score (nSPS) is 10.2. The second kappa shape index (κ2) is 6.58. The summed E-state index contributed by atoms with van der Waals surface area (Å²) >= 11 is 9.07. The summed E-state index contributed by atoms with van der Waals surface area (Å²) in [5.74, 6) is 0. The van der Waals surface area contributed by atoms with Crippen LogP contribution in [-0.4, -0.2) is 22.4 Å². The van der Waals surface area contributed by atoms with E-state index in [9.17, 15) is 4.79 Å². The molecule has 0 aliphatic rings. The van der Waals surface area contributed by atoms with Gasteiger partial charge in [0.05, 0.1) is 17.2 Å². The highest BCUT2D eigenvalue weighted by Gasteiger charge is 2.01. The Bertz CT molecular complexity index is 555. The molecule has 100 valence electrons. The van der Waals surface area contributed by atoms with E-state index in [0.29, 0.717) is 23.8 Å². The minimum atomic E-state index is -0.256. The average molecular weight is 344 g/mol. The molecule has 0 saturated carbocycles. The van der Waals surface area contributed by atoms with Gasteiger partial charge in [0.1, 0.15) is 0 Å². The summed E-state index contributed by atoms with van der Waals surface area (Å²) in [6.45, 7) is 1.10. The number of nitrogens with zero attached hydrogens (tertiary/aromatic N) is 2. The van der Waals surface area contributed by atoms with Crippen LogP contribution in [0, 0.1) is 0 Å². The van der Waals surface area contributed by atoms with Crippen LogP contribution in [0.5, 0.6) is 0 Å². The second-order valence-corrected chi connectivity index (χ2v) is 5.16. The molecule has 0 spiro atoms. The molecule has 0 radical (unpaired) electrons. The lowest BCUT2D eigenvalue weighted by molar-refractivity contribution is 0.251. The Labute approximate surface area is 124 Å². The molecule has 7 heteroatoms. The van der Waals surface area contributed by atoms with Crippen molar-refractivity contribution in [2.24, 2.45) is 0 Å².